The van der Waals surface area contributed by atoms with Crippen molar-refractivity contribution >= 4 is 29.3 Å². The summed E-state index contributed by atoms with van der Waals surface area (Å²) in [6.45, 7) is 5.63. The van der Waals surface area contributed by atoms with Gasteiger partial charge in [-0.05, 0) is 35.4 Å². The zero-order valence-corrected chi connectivity index (χ0v) is 16.6. The Kier molecular flexibility index (Phi) is 5.02. The summed E-state index contributed by atoms with van der Waals surface area (Å²) in [5.41, 5.74) is 5.34. The van der Waals surface area contributed by atoms with Gasteiger partial charge in [0.25, 0.3) is 5.91 Å². The minimum absolute atomic E-state index is 0.116. The third kappa shape index (κ3) is 3.71. The van der Waals surface area contributed by atoms with Crippen LogP contribution in [0.2, 0.25) is 0 Å². The number of amides is 2. The lowest BCUT2D eigenvalue weighted by molar-refractivity contribution is -0.110. The number of aromatic nitrogens is 1. The first-order chi connectivity index (χ1) is 14.7. The highest BCUT2D eigenvalue weighted by atomic mass is 16.6. The van der Waals surface area contributed by atoms with Crippen molar-refractivity contribution in [3.05, 3.63) is 52.8 Å². The molecule has 2 saturated heterocycles. The van der Waals surface area contributed by atoms with Crippen LogP contribution in [0.4, 0.5) is 10.5 Å². The number of ether oxygens (including phenoxy) is 2. The van der Waals surface area contributed by atoms with Crippen molar-refractivity contribution in [3.8, 4) is 0 Å². The highest BCUT2D eigenvalue weighted by molar-refractivity contribution is 6.34. The molecule has 0 aliphatic carbocycles. The smallest absolute Gasteiger partial charge is 0.410 e. The molecule has 30 heavy (non-hydrogen) atoms. The number of fused-ring (bicyclic) bond motifs is 1. The summed E-state index contributed by atoms with van der Waals surface area (Å²) >= 11 is 0. The lowest BCUT2D eigenvalue weighted by atomic mass is 10.0. The summed E-state index contributed by atoms with van der Waals surface area (Å²) in [7, 11) is 0. The van der Waals surface area contributed by atoms with Crippen molar-refractivity contribution < 1.29 is 19.1 Å². The highest BCUT2D eigenvalue weighted by Crippen LogP contribution is 2.34. The van der Waals surface area contributed by atoms with E-state index in [9.17, 15) is 9.59 Å². The normalized spacial score (nSPS) is 20.5. The molecule has 0 atom stereocenters. The predicted molar refractivity (Wildman–Crippen MR) is 112 cm³/mol. The fraction of sp³-hybridized carbons (Fsp3) is 0.364. The fourth-order valence-corrected chi connectivity index (χ4v) is 4.10. The van der Waals surface area contributed by atoms with Crippen molar-refractivity contribution in [1.29, 1.82) is 0 Å². The highest BCUT2D eigenvalue weighted by Gasteiger charge is 2.27. The van der Waals surface area contributed by atoms with Crippen LogP contribution in [0.1, 0.15) is 22.4 Å². The van der Waals surface area contributed by atoms with Gasteiger partial charge in [0.2, 0.25) is 0 Å². The molecule has 1 aromatic heterocycles. The Labute approximate surface area is 174 Å². The van der Waals surface area contributed by atoms with E-state index in [0.29, 0.717) is 25.3 Å². The van der Waals surface area contributed by atoms with E-state index in [-0.39, 0.29) is 12.0 Å². The molecule has 0 saturated carbocycles. The van der Waals surface area contributed by atoms with Crippen LogP contribution in [0, 0.1) is 0 Å². The van der Waals surface area contributed by atoms with E-state index in [1.165, 1.54) is 0 Å². The summed E-state index contributed by atoms with van der Waals surface area (Å²) in [4.78, 5) is 31.7. The van der Waals surface area contributed by atoms with Crippen molar-refractivity contribution in [2.45, 2.75) is 13.1 Å². The van der Waals surface area contributed by atoms with Crippen LogP contribution in [0.15, 0.2) is 30.5 Å². The van der Waals surface area contributed by atoms with Gasteiger partial charge >= 0.3 is 6.09 Å². The number of rotatable bonds is 5. The Morgan fingerprint density at radius 1 is 1.03 bits per heavy atom. The molecule has 3 aliphatic heterocycles. The topological polar surface area (TPSA) is 86.9 Å². The quantitative estimate of drug-likeness (QED) is 0.742. The zero-order chi connectivity index (χ0) is 20.5. The SMILES string of the molecule is O=C1Nc2ccc(CN3CCOC3=O)cc2C1=Cc1[nH]ccc1CN1CCOCC1. The second-order valence-corrected chi connectivity index (χ2v) is 7.73. The van der Waals surface area contributed by atoms with E-state index in [1.807, 2.05) is 30.5 Å². The molecular weight excluding hydrogens is 384 g/mol. The summed E-state index contributed by atoms with van der Waals surface area (Å²) in [5, 5.41) is 2.94. The van der Waals surface area contributed by atoms with Crippen LogP contribution in [-0.4, -0.2) is 66.2 Å². The van der Waals surface area contributed by atoms with Crippen LogP contribution in [0.25, 0.3) is 11.6 Å². The van der Waals surface area contributed by atoms with E-state index < -0.39 is 0 Å². The maximum atomic E-state index is 12.7. The summed E-state index contributed by atoms with van der Waals surface area (Å²) < 4.78 is 10.4. The van der Waals surface area contributed by atoms with Crippen LogP contribution in [0.3, 0.4) is 0 Å². The monoisotopic (exact) mass is 408 g/mol. The largest absolute Gasteiger partial charge is 0.448 e. The van der Waals surface area contributed by atoms with Gasteiger partial charge in [0, 0.05) is 49.3 Å². The Balaban J connectivity index is 1.40. The standard InChI is InChI=1S/C22H24N4O4/c27-21-18(12-20-16(3-4-23-20)14-25-5-8-29-9-6-25)17-11-15(1-2-19(17)24-21)13-26-7-10-30-22(26)28/h1-4,11-12,23H,5-10,13-14H2,(H,24,27). The predicted octanol–water partition coefficient (Wildman–Crippen LogP) is 2.29. The fourth-order valence-electron chi connectivity index (χ4n) is 4.10. The lowest BCUT2D eigenvalue weighted by Crippen LogP contribution is -2.35. The van der Waals surface area contributed by atoms with Crippen LogP contribution in [-0.2, 0) is 27.4 Å². The number of carbonyl (C=O) groups excluding carboxylic acids is 2. The number of nitrogens with one attached hydrogen (secondary N) is 2. The Hall–Kier alpha value is -3.10. The molecule has 2 fully saturated rings. The average molecular weight is 408 g/mol. The number of morpholine rings is 1. The van der Waals surface area contributed by atoms with E-state index >= 15 is 0 Å². The zero-order valence-electron chi connectivity index (χ0n) is 16.6. The molecule has 8 heteroatoms. The number of anilines is 1. The third-order valence-electron chi connectivity index (χ3n) is 5.74. The van der Waals surface area contributed by atoms with Crippen LogP contribution >= 0.6 is 0 Å². The number of hydrogen-bond donors (Lipinski definition) is 2. The van der Waals surface area contributed by atoms with Crippen molar-refractivity contribution in [2.24, 2.45) is 0 Å². The van der Waals surface area contributed by atoms with Crippen LogP contribution in [0.5, 0.6) is 0 Å². The number of H-pyrrole nitrogens is 1. The number of carbonyl (C=O) groups is 2. The molecule has 3 aliphatic rings. The Bertz CT molecular complexity index is 1010. The Morgan fingerprint density at radius 2 is 1.90 bits per heavy atom. The average Bonchev–Trinajstić information content (AvgIpc) is 3.44. The van der Waals surface area contributed by atoms with Gasteiger partial charge in [-0.3, -0.25) is 9.69 Å². The maximum Gasteiger partial charge on any atom is 0.410 e. The summed E-state index contributed by atoms with van der Waals surface area (Å²) in [5.74, 6) is -0.116. The minimum atomic E-state index is -0.292. The van der Waals surface area contributed by atoms with Gasteiger partial charge in [-0.15, -0.1) is 0 Å². The van der Waals surface area contributed by atoms with Gasteiger partial charge in [0.1, 0.15) is 6.61 Å². The molecule has 0 radical (unpaired) electrons. The maximum absolute atomic E-state index is 12.7. The molecule has 0 spiro atoms. The molecule has 2 amide bonds. The lowest BCUT2D eigenvalue weighted by Gasteiger charge is -2.26. The van der Waals surface area contributed by atoms with Gasteiger partial charge in [-0.2, -0.15) is 0 Å². The first-order valence-electron chi connectivity index (χ1n) is 10.2. The van der Waals surface area contributed by atoms with Gasteiger partial charge in [0.05, 0.1) is 25.3 Å². The molecule has 0 bridgehead atoms. The van der Waals surface area contributed by atoms with Crippen molar-refractivity contribution in [2.75, 3.05) is 44.8 Å². The van der Waals surface area contributed by atoms with Crippen LogP contribution < -0.4 is 5.32 Å². The first kappa shape index (κ1) is 18.9. The van der Waals surface area contributed by atoms with E-state index in [0.717, 1.165) is 60.9 Å². The van der Waals surface area contributed by atoms with Gasteiger partial charge in [0.15, 0.2) is 0 Å². The molecule has 2 N–H and O–H groups in total. The van der Waals surface area contributed by atoms with Crippen molar-refractivity contribution in [1.82, 2.24) is 14.8 Å². The number of cyclic esters (lactones) is 1. The van der Waals surface area contributed by atoms with Gasteiger partial charge in [-0.1, -0.05) is 6.07 Å². The molecule has 5 rings (SSSR count). The van der Waals surface area contributed by atoms with Gasteiger partial charge < -0.3 is 24.7 Å². The van der Waals surface area contributed by atoms with E-state index in [2.05, 4.69) is 21.3 Å². The summed E-state index contributed by atoms with van der Waals surface area (Å²) in [6.07, 6.45) is 3.54. The second kappa shape index (κ2) is 7.97. The second-order valence-electron chi connectivity index (χ2n) is 7.73. The molecule has 1 aromatic carbocycles. The number of aromatic amines is 1. The molecule has 0 unspecified atom stereocenters. The van der Waals surface area contributed by atoms with Crippen molar-refractivity contribution in [3.63, 3.8) is 0 Å². The van der Waals surface area contributed by atoms with E-state index in [4.69, 9.17) is 9.47 Å². The Morgan fingerprint density at radius 3 is 2.70 bits per heavy atom. The molecule has 8 nitrogen and oxygen atoms in total. The first-order valence-corrected chi connectivity index (χ1v) is 10.2. The third-order valence-corrected chi connectivity index (χ3v) is 5.74. The molecular formula is C22H24N4O4. The minimum Gasteiger partial charge on any atom is -0.448 e. The molecule has 4 heterocycles. The number of hydrogen-bond acceptors (Lipinski definition) is 5. The summed E-state index contributed by atoms with van der Waals surface area (Å²) in [6, 6.07) is 7.88. The number of nitrogens with zero attached hydrogens (tertiary/aromatic N) is 2. The molecule has 2 aromatic rings. The molecule has 156 valence electrons. The van der Waals surface area contributed by atoms with Gasteiger partial charge in [-0.25, -0.2) is 4.79 Å². The van der Waals surface area contributed by atoms with E-state index in [1.54, 1.807) is 4.90 Å². The number of benzene rings is 1.